The molecular weight excluding hydrogens is 384 g/mol. The van der Waals surface area contributed by atoms with Gasteiger partial charge in [-0.2, -0.15) is 0 Å². The molecule has 29 heavy (non-hydrogen) atoms. The Morgan fingerprint density at radius 1 is 1.17 bits per heavy atom. The number of benzene rings is 1. The number of carbonyl (C=O) groups is 2. The molecule has 1 aromatic carbocycles. The standard InChI is InChI=1S/C22H34N2O4Si/c1-16(17-9-7-6-8-10-17)23-14-18-13-19(15-23)24(20(18)21(25)27-2)22(26)28-11-12-29(3,4)5/h6-10,16,18-20H,11-15H2,1-5H3/t16?,18-,19+,20+/m0/s1. The number of esters is 1. The fraction of sp³-hybridized carbons (Fsp3) is 0.636. The lowest BCUT2D eigenvalue weighted by molar-refractivity contribution is -0.146. The predicted octanol–water partition coefficient (Wildman–Crippen LogP) is 3.77. The lowest BCUT2D eigenvalue weighted by Gasteiger charge is -2.36. The van der Waals surface area contributed by atoms with Crippen molar-refractivity contribution in [2.45, 2.75) is 57.2 Å². The zero-order valence-electron chi connectivity index (χ0n) is 18.3. The Hall–Kier alpha value is -1.86. The van der Waals surface area contributed by atoms with Crippen LogP contribution in [0.1, 0.15) is 24.9 Å². The summed E-state index contributed by atoms with van der Waals surface area (Å²) in [4.78, 5) is 29.6. The second-order valence-electron chi connectivity index (χ2n) is 9.49. The van der Waals surface area contributed by atoms with E-state index in [9.17, 15) is 9.59 Å². The van der Waals surface area contributed by atoms with Gasteiger partial charge in [0, 0.05) is 39.2 Å². The molecule has 2 fully saturated rings. The van der Waals surface area contributed by atoms with Crippen LogP contribution in [0.15, 0.2) is 30.3 Å². The smallest absolute Gasteiger partial charge is 0.410 e. The van der Waals surface area contributed by atoms with E-state index < -0.39 is 14.1 Å². The molecule has 0 aromatic heterocycles. The molecule has 7 heteroatoms. The van der Waals surface area contributed by atoms with Crippen LogP contribution >= 0.6 is 0 Å². The first-order valence-electron chi connectivity index (χ1n) is 10.5. The van der Waals surface area contributed by atoms with Crippen LogP contribution in [0.2, 0.25) is 25.7 Å². The van der Waals surface area contributed by atoms with Crippen molar-refractivity contribution in [2.75, 3.05) is 26.8 Å². The maximum atomic E-state index is 12.9. The highest BCUT2D eigenvalue weighted by molar-refractivity contribution is 6.76. The molecule has 0 aliphatic carbocycles. The second-order valence-corrected chi connectivity index (χ2v) is 15.1. The van der Waals surface area contributed by atoms with Crippen molar-refractivity contribution in [2.24, 2.45) is 5.92 Å². The third kappa shape index (κ3) is 5.01. The lowest BCUT2D eigenvalue weighted by Crippen LogP contribution is -2.48. The second kappa shape index (κ2) is 8.88. The van der Waals surface area contributed by atoms with Gasteiger partial charge in [-0.3, -0.25) is 9.80 Å². The van der Waals surface area contributed by atoms with Crippen molar-refractivity contribution >= 4 is 20.1 Å². The average molecular weight is 419 g/mol. The Bertz CT molecular complexity index is 721. The molecule has 2 aliphatic heterocycles. The number of methoxy groups -OCH3 is 1. The van der Waals surface area contributed by atoms with Gasteiger partial charge in [-0.05, 0) is 25.0 Å². The summed E-state index contributed by atoms with van der Waals surface area (Å²) in [6, 6.07) is 10.9. The molecular formula is C22H34N2O4Si. The van der Waals surface area contributed by atoms with Gasteiger partial charge in [0.15, 0.2) is 0 Å². The highest BCUT2D eigenvalue weighted by Crippen LogP contribution is 2.39. The van der Waals surface area contributed by atoms with Crippen LogP contribution in [-0.2, 0) is 14.3 Å². The quantitative estimate of drug-likeness (QED) is 0.520. The average Bonchev–Trinajstić information content (AvgIpc) is 2.96. The van der Waals surface area contributed by atoms with E-state index in [0.717, 1.165) is 25.6 Å². The SMILES string of the molecule is COC(=O)[C@H]1[C@H]2C[C@H](CN(C(C)c3ccccc3)C2)N1C(=O)OCC[Si](C)(C)C. The molecule has 0 N–H and O–H groups in total. The van der Waals surface area contributed by atoms with Gasteiger partial charge in [0.05, 0.1) is 13.7 Å². The van der Waals surface area contributed by atoms with Gasteiger partial charge in [0.1, 0.15) is 6.04 Å². The maximum Gasteiger partial charge on any atom is 0.410 e. The van der Waals surface area contributed by atoms with Crippen LogP contribution < -0.4 is 0 Å². The minimum Gasteiger partial charge on any atom is -0.467 e. The largest absolute Gasteiger partial charge is 0.467 e. The number of nitrogens with zero attached hydrogens (tertiary/aromatic N) is 2. The van der Waals surface area contributed by atoms with Crippen molar-refractivity contribution in [3.63, 3.8) is 0 Å². The molecule has 0 spiro atoms. The monoisotopic (exact) mass is 418 g/mol. The van der Waals surface area contributed by atoms with E-state index in [2.05, 4.69) is 43.6 Å². The summed E-state index contributed by atoms with van der Waals surface area (Å²) in [5.74, 6) is -0.272. The van der Waals surface area contributed by atoms with Crippen LogP contribution in [0.25, 0.3) is 0 Å². The summed E-state index contributed by atoms with van der Waals surface area (Å²) < 4.78 is 10.7. The summed E-state index contributed by atoms with van der Waals surface area (Å²) in [6.45, 7) is 10.9. The Labute approximate surface area is 175 Å². The molecule has 160 valence electrons. The third-order valence-corrected chi connectivity index (χ3v) is 7.89. The number of piperidine rings is 1. The van der Waals surface area contributed by atoms with Crippen molar-refractivity contribution in [3.05, 3.63) is 35.9 Å². The molecule has 2 heterocycles. The van der Waals surface area contributed by atoms with E-state index >= 15 is 0 Å². The van der Waals surface area contributed by atoms with E-state index in [-0.39, 0.29) is 30.1 Å². The van der Waals surface area contributed by atoms with Gasteiger partial charge in [-0.25, -0.2) is 9.59 Å². The molecule has 4 atom stereocenters. The van der Waals surface area contributed by atoms with Gasteiger partial charge >= 0.3 is 12.1 Å². The number of fused-ring (bicyclic) bond motifs is 2. The molecule has 2 saturated heterocycles. The van der Waals surface area contributed by atoms with Gasteiger partial charge in [-0.15, -0.1) is 0 Å². The van der Waals surface area contributed by atoms with E-state index in [1.54, 1.807) is 4.90 Å². The molecule has 0 radical (unpaired) electrons. The van der Waals surface area contributed by atoms with Gasteiger partial charge in [-0.1, -0.05) is 50.0 Å². The zero-order valence-corrected chi connectivity index (χ0v) is 19.3. The van der Waals surface area contributed by atoms with E-state index in [1.807, 2.05) is 18.2 Å². The van der Waals surface area contributed by atoms with Gasteiger partial charge < -0.3 is 9.47 Å². The maximum absolute atomic E-state index is 12.9. The van der Waals surface area contributed by atoms with Gasteiger partial charge in [0.25, 0.3) is 0 Å². The first-order valence-corrected chi connectivity index (χ1v) is 14.2. The molecule has 1 amide bonds. The first-order chi connectivity index (χ1) is 13.7. The van der Waals surface area contributed by atoms with Crippen LogP contribution in [0.4, 0.5) is 4.79 Å². The summed E-state index contributed by atoms with van der Waals surface area (Å²) in [5.41, 5.74) is 1.24. The predicted molar refractivity (Wildman–Crippen MR) is 115 cm³/mol. The highest BCUT2D eigenvalue weighted by atomic mass is 28.3. The summed E-state index contributed by atoms with van der Waals surface area (Å²) in [5, 5.41) is 0. The summed E-state index contributed by atoms with van der Waals surface area (Å²) in [7, 11) is 0.0978. The fourth-order valence-electron chi connectivity index (χ4n) is 4.50. The van der Waals surface area contributed by atoms with Crippen LogP contribution in [0.5, 0.6) is 0 Å². The van der Waals surface area contributed by atoms with Crippen LogP contribution in [0, 0.1) is 5.92 Å². The fourth-order valence-corrected chi connectivity index (χ4v) is 5.21. The molecule has 2 aliphatic rings. The topological polar surface area (TPSA) is 59.1 Å². The molecule has 3 rings (SSSR count). The minimum absolute atomic E-state index is 0.0246. The van der Waals surface area contributed by atoms with Gasteiger partial charge in [0.2, 0.25) is 0 Å². The minimum atomic E-state index is -1.29. The number of ether oxygens (including phenoxy) is 2. The number of hydrogen-bond donors (Lipinski definition) is 0. The number of amides is 1. The zero-order chi connectivity index (χ0) is 21.2. The summed E-state index contributed by atoms with van der Waals surface area (Å²) >= 11 is 0. The molecule has 1 unspecified atom stereocenters. The molecule has 0 saturated carbocycles. The molecule has 2 bridgehead atoms. The van der Waals surface area contributed by atoms with Crippen LogP contribution in [-0.4, -0.2) is 68.8 Å². The Kier molecular flexibility index (Phi) is 6.68. The van der Waals surface area contributed by atoms with Crippen LogP contribution in [0.3, 0.4) is 0 Å². The number of likely N-dealkylation sites (tertiary alicyclic amines) is 2. The Morgan fingerprint density at radius 2 is 1.86 bits per heavy atom. The van der Waals surface area contributed by atoms with E-state index in [4.69, 9.17) is 9.47 Å². The third-order valence-electron chi connectivity index (χ3n) is 6.19. The first kappa shape index (κ1) is 21.8. The molecule has 1 aromatic rings. The van der Waals surface area contributed by atoms with Crippen molar-refractivity contribution in [3.8, 4) is 0 Å². The van der Waals surface area contributed by atoms with E-state index in [0.29, 0.717) is 6.61 Å². The van der Waals surface area contributed by atoms with E-state index in [1.165, 1.54) is 12.7 Å². The van der Waals surface area contributed by atoms with Crippen molar-refractivity contribution in [1.82, 2.24) is 9.80 Å². The Balaban J connectivity index is 1.74. The Morgan fingerprint density at radius 3 is 2.48 bits per heavy atom. The lowest BCUT2D eigenvalue weighted by atomic mass is 9.93. The van der Waals surface area contributed by atoms with Crippen molar-refractivity contribution < 1.29 is 19.1 Å². The normalized spacial score (nSPS) is 25.6. The number of hydrogen-bond acceptors (Lipinski definition) is 5. The number of carbonyl (C=O) groups excluding carboxylic acids is 2. The van der Waals surface area contributed by atoms with Crippen molar-refractivity contribution in [1.29, 1.82) is 0 Å². The highest BCUT2D eigenvalue weighted by Gasteiger charge is 2.53. The molecule has 6 nitrogen and oxygen atoms in total. The number of rotatable bonds is 6. The summed E-state index contributed by atoms with van der Waals surface area (Å²) in [6.07, 6.45) is 0.446.